The van der Waals surface area contributed by atoms with Crippen LogP contribution in [0.15, 0.2) is 48.8 Å². The Bertz CT molecular complexity index is 785. The monoisotopic (exact) mass is 382 g/mol. The average molecular weight is 382 g/mol. The van der Waals surface area contributed by atoms with Crippen LogP contribution in [0.5, 0.6) is 5.75 Å². The first-order valence-corrected chi connectivity index (χ1v) is 9.36. The summed E-state index contributed by atoms with van der Waals surface area (Å²) < 4.78 is 5.74. The summed E-state index contributed by atoms with van der Waals surface area (Å²) in [5.41, 5.74) is 1.64. The fourth-order valence-electron chi connectivity index (χ4n) is 2.97. The first-order valence-electron chi connectivity index (χ1n) is 9.36. The molecule has 148 valence electrons. The highest BCUT2D eigenvalue weighted by Gasteiger charge is 2.23. The molecule has 3 rings (SSSR count). The van der Waals surface area contributed by atoms with Gasteiger partial charge in [0.15, 0.2) is 0 Å². The van der Waals surface area contributed by atoms with Gasteiger partial charge in [-0.1, -0.05) is 6.07 Å². The Kier molecular flexibility index (Phi) is 6.60. The van der Waals surface area contributed by atoms with Gasteiger partial charge in [0.2, 0.25) is 5.91 Å². The van der Waals surface area contributed by atoms with Gasteiger partial charge in [-0.05, 0) is 30.3 Å². The molecule has 2 aromatic rings. The second-order valence-corrected chi connectivity index (χ2v) is 7.03. The number of rotatable bonds is 6. The van der Waals surface area contributed by atoms with Gasteiger partial charge in [0.1, 0.15) is 12.4 Å². The van der Waals surface area contributed by atoms with Crippen LogP contribution >= 0.6 is 0 Å². The molecule has 0 N–H and O–H groups in total. The smallest absolute Gasteiger partial charge is 0.253 e. The Labute approximate surface area is 165 Å². The van der Waals surface area contributed by atoms with E-state index in [1.165, 1.54) is 0 Å². The average Bonchev–Trinajstić information content (AvgIpc) is 2.73. The van der Waals surface area contributed by atoms with Crippen molar-refractivity contribution in [1.82, 2.24) is 19.7 Å². The number of piperazine rings is 1. The number of benzene rings is 1. The highest BCUT2D eigenvalue weighted by atomic mass is 16.5. The normalized spacial score (nSPS) is 14.6. The molecular formula is C21H26N4O3. The van der Waals surface area contributed by atoms with E-state index < -0.39 is 0 Å². The second-order valence-electron chi connectivity index (χ2n) is 7.03. The molecule has 1 fully saturated rings. The summed E-state index contributed by atoms with van der Waals surface area (Å²) >= 11 is 0. The molecule has 7 heteroatoms. The molecule has 7 nitrogen and oxygen atoms in total. The Morgan fingerprint density at radius 3 is 2.39 bits per heavy atom. The van der Waals surface area contributed by atoms with Gasteiger partial charge < -0.3 is 14.5 Å². The van der Waals surface area contributed by atoms with Crippen LogP contribution in [0.25, 0.3) is 0 Å². The largest absolute Gasteiger partial charge is 0.489 e. The quantitative estimate of drug-likeness (QED) is 0.758. The number of hydrogen-bond acceptors (Lipinski definition) is 5. The molecule has 0 spiro atoms. The third kappa shape index (κ3) is 5.29. The molecule has 0 bridgehead atoms. The van der Waals surface area contributed by atoms with Crippen LogP contribution in [0, 0.1) is 0 Å². The van der Waals surface area contributed by atoms with Crippen LogP contribution in [0.3, 0.4) is 0 Å². The van der Waals surface area contributed by atoms with Gasteiger partial charge in [-0.3, -0.25) is 19.5 Å². The number of nitrogens with zero attached hydrogens (tertiary/aromatic N) is 4. The number of aromatic nitrogens is 1. The van der Waals surface area contributed by atoms with E-state index in [4.69, 9.17) is 4.74 Å². The van der Waals surface area contributed by atoms with E-state index in [9.17, 15) is 9.59 Å². The summed E-state index contributed by atoms with van der Waals surface area (Å²) in [7, 11) is 3.51. The number of likely N-dealkylation sites (N-methyl/N-ethyl adjacent to an activating group) is 1. The third-order valence-corrected chi connectivity index (χ3v) is 4.75. The number of amides is 2. The van der Waals surface area contributed by atoms with Crippen LogP contribution < -0.4 is 4.74 Å². The van der Waals surface area contributed by atoms with Crippen molar-refractivity contribution in [2.45, 2.75) is 6.61 Å². The summed E-state index contributed by atoms with van der Waals surface area (Å²) in [5.74, 6) is 0.812. The maximum atomic E-state index is 12.7. The van der Waals surface area contributed by atoms with E-state index in [0.717, 1.165) is 5.56 Å². The highest BCUT2D eigenvalue weighted by Crippen LogP contribution is 2.16. The summed E-state index contributed by atoms with van der Waals surface area (Å²) in [5, 5.41) is 0. The van der Waals surface area contributed by atoms with Gasteiger partial charge in [-0.15, -0.1) is 0 Å². The lowest BCUT2D eigenvalue weighted by molar-refractivity contribution is -0.130. The first kappa shape index (κ1) is 19.8. The highest BCUT2D eigenvalue weighted by molar-refractivity contribution is 5.94. The van der Waals surface area contributed by atoms with Gasteiger partial charge in [-0.2, -0.15) is 0 Å². The fraction of sp³-hybridized carbons (Fsp3) is 0.381. The lowest BCUT2D eigenvalue weighted by Crippen LogP contribution is -2.51. The molecule has 1 aromatic carbocycles. The first-order chi connectivity index (χ1) is 13.5. The maximum absolute atomic E-state index is 12.7. The Balaban J connectivity index is 1.49. The topological polar surface area (TPSA) is 66.0 Å². The Morgan fingerprint density at radius 1 is 1.07 bits per heavy atom. The van der Waals surface area contributed by atoms with E-state index in [1.807, 2.05) is 29.2 Å². The number of ether oxygens (including phenoxy) is 1. The van der Waals surface area contributed by atoms with Gasteiger partial charge >= 0.3 is 0 Å². The van der Waals surface area contributed by atoms with Crippen LogP contribution in [0.1, 0.15) is 15.9 Å². The van der Waals surface area contributed by atoms with E-state index >= 15 is 0 Å². The molecule has 0 radical (unpaired) electrons. The zero-order chi connectivity index (χ0) is 19.9. The van der Waals surface area contributed by atoms with E-state index in [0.29, 0.717) is 50.6 Å². The predicted octanol–water partition coefficient (Wildman–Crippen LogP) is 1.51. The van der Waals surface area contributed by atoms with E-state index in [-0.39, 0.29) is 11.8 Å². The molecule has 2 amide bonds. The third-order valence-electron chi connectivity index (χ3n) is 4.75. The minimum atomic E-state index is 0.0115. The van der Waals surface area contributed by atoms with Crippen LogP contribution in [0.4, 0.5) is 0 Å². The van der Waals surface area contributed by atoms with Crippen molar-refractivity contribution in [2.24, 2.45) is 0 Å². The zero-order valence-electron chi connectivity index (χ0n) is 16.4. The molecular weight excluding hydrogens is 356 g/mol. The van der Waals surface area contributed by atoms with Crippen molar-refractivity contribution in [3.63, 3.8) is 0 Å². The second kappa shape index (κ2) is 9.32. The van der Waals surface area contributed by atoms with Crippen molar-refractivity contribution < 1.29 is 14.3 Å². The molecule has 28 heavy (non-hydrogen) atoms. The van der Waals surface area contributed by atoms with Crippen molar-refractivity contribution in [3.05, 3.63) is 59.9 Å². The number of carbonyl (C=O) groups is 2. The summed E-state index contributed by atoms with van der Waals surface area (Å²) in [6, 6.07) is 11.0. The van der Waals surface area contributed by atoms with Gasteiger partial charge in [0, 0.05) is 63.8 Å². The molecule has 1 aliphatic rings. The fourth-order valence-corrected chi connectivity index (χ4v) is 2.97. The van der Waals surface area contributed by atoms with Crippen molar-refractivity contribution in [2.75, 3.05) is 46.8 Å². The van der Waals surface area contributed by atoms with E-state index in [1.54, 1.807) is 43.5 Å². The zero-order valence-corrected chi connectivity index (χ0v) is 16.4. The number of carbonyl (C=O) groups excluding carboxylic acids is 2. The minimum Gasteiger partial charge on any atom is -0.489 e. The lowest BCUT2D eigenvalue weighted by Gasteiger charge is -2.34. The molecule has 0 atom stereocenters. The van der Waals surface area contributed by atoms with Crippen LogP contribution in [-0.4, -0.2) is 78.3 Å². The summed E-state index contributed by atoms with van der Waals surface area (Å²) in [6.07, 6.45) is 3.49. The summed E-state index contributed by atoms with van der Waals surface area (Å²) in [4.78, 5) is 34.1. The summed E-state index contributed by atoms with van der Waals surface area (Å²) in [6.45, 7) is 3.50. The molecule has 2 heterocycles. The van der Waals surface area contributed by atoms with Crippen molar-refractivity contribution in [3.8, 4) is 5.75 Å². The molecule has 0 saturated carbocycles. The van der Waals surface area contributed by atoms with Gasteiger partial charge in [0.05, 0.1) is 6.54 Å². The van der Waals surface area contributed by atoms with Crippen molar-refractivity contribution in [1.29, 1.82) is 0 Å². The number of pyridine rings is 1. The van der Waals surface area contributed by atoms with Crippen molar-refractivity contribution >= 4 is 11.8 Å². The number of hydrogen-bond donors (Lipinski definition) is 0. The Morgan fingerprint density at radius 2 is 1.79 bits per heavy atom. The van der Waals surface area contributed by atoms with Gasteiger partial charge in [-0.25, -0.2) is 0 Å². The molecule has 1 aromatic heterocycles. The predicted molar refractivity (Wildman–Crippen MR) is 106 cm³/mol. The maximum Gasteiger partial charge on any atom is 0.253 e. The Hall–Kier alpha value is -2.93. The molecule has 0 aliphatic carbocycles. The molecule has 0 unspecified atom stereocenters. The standard InChI is InChI=1S/C21H26N4O3/c1-23(2)20(26)15-24-10-12-25(13-11-24)21(27)18-5-7-19(8-6-18)28-16-17-4-3-9-22-14-17/h3-9,14H,10-13,15-16H2,1-2H3. The molecule has 1 saturated heterocycles. The van der Waals surface area contributed by atoms with Crippen LogP contribution in [0.2, 0.25) is 0 Å². The van der Waals surface area contributed by atoms with Gasteiger partial charge in [0.25, 0.3) is 5.91 Å². The SMILES string of the molecule is CN(C)C(=O)CN1CCN(C(=O)c2ccc(OCc3cccnc3)cc2)CC1. The lowest BCUT2D eigenvalue weighted by atomic mass is 10.1. The van der Waals surface area contributed by atoms with E-state index in [2.05, 4.69) is 9.88 Å². The minimum absolute atomic E-state index is 0.0115. The van der Waals surface area contributed by atoms with Crippen LogP contribution in [-0.2, 0) is 11.4 Å². The molecule has 1 aliphatic heterocycles.